The van der Waals surface area contributed by atoms with Gasteiger partial charge in [0.2, 0.25) is 0 Å². The summed E-state index contributed by atoms with van der Waals surface area (Å²) >= 11 is 2.07. The SMILES string of the molecule is C[NH+](C)[C@@]1(C[NH3+])CCSC1. The van der Waals surface area contributed by atoms with Crippen molar-refractivity contribution >= 4 is 11.8 Å². The highest BCUT2D eigenvalue weighted by atomic mass is 32.2. The van der Waals surface area contributed by atoms with E-state index in [1.54, 1.807) is 4.90 Å². The molecule has 10 heavy (non-hydrogen) atoms. The molecular formula is C7H18N2S+2. The standard InChI is InChI=1S/C7H16N2S/c1-9(2)7(5-8)3-4-10-6-7/h3-6,8H2,1-2H3/p+2/t7-/m1/s1. The van der Waals surface area contributed by atoms with Crippen LogP contribution < -0.4 is 10.6 Å². The maximum Gasteiger partial charge on any atom is 0.156 e. The molecule has 2 nitrogen and oxygen atoms in total. The van der Waals surface area contributed by atoms with Crippen molar-refractivity contribution in [1.82, 2.24) is 0 Å². The quantitative estimate of drug-likeness (QED) is 0.496. The minimum Gasteiger partial charge on any atom is -0.352 e. The molecule has 0 aliphatic carbocycles. The Morgan fingerprint density at radius 1 is 1.60 bits per heavy atom. The van der Waals surface area contributed by atoms with Crippen molar-refractivity contribution < 1.29 is 10.6 Å². The molecule has 0 unspecified atom stereocenters. The predicted molar refractivity (Wildman–Crippen MR) is 45.2 cm³/mol. The molecule has 1 aliphatic rings. The van der Waals surface area contributed by atoms with E-state index in [2.05, 4.69) is 31.6 Å². The molecule has 3 heteroatoms. The normalized spacial score (nSPS) is 33.6. The van der Waals surface area contributed by atoms with E-state index in [0.717, 1.165) is 6.54 Å². The molecule has 0 radical (unpaired) electrons. The lowest BCUT2D eigenvalue weighted by atomic mass is 9.98. The van der Waals surface area contributed by atoms with E-state index in [4.69, 9.17) is 0 Å². The average molecular weight is 162 g/mol. The largest absolute Gasteiger partial charge is 0.352 e. The van der Waals surface area contributed by atoms with Gasteiger partial charge in [0.1, 0.15) is 6.54 Å². The highest BCUT2D eigenvalue weighted by Crippen LogP contribution is 2.23. The first-order valence-corrected chi connectivity index (χ1v) is 5.04. The van der Waals surface area contributed by atoms with Gasteiger partial charge in [-0.2, -0.15) is 11.8 Å². The Balaban J connectivity index is 2.58. The van der Waals surface area contributed by atoms with E-state index < -0.39 is 0 Å². The van der Waals surface area contributed by atoms with Crippen molar-refractivity contribution in [2.75, 3.05) is 32.1 Å². The summed E-state index contributed by atoms with van der Waals surface area (Å²) in [5.74, 6) is 2.64. The van der Waals surface area contributed by atoms with E-state index in [1.165, 1.54) is 17.9 Å². The fraction of sp³-hybridized carbons (Fsp3) is 1.00. The monoisotopic (exact) mass is 162 g/mol. The third-order valence-electron chi connectivity index (χ3n) is 2.64. The number of quaternary nitrogens is 2. The van der Waals surface area contributed by atoms with Gasteiger partial charge in [-0.15, -0.1) is 0 Å². The molecule has 1 heterocycles. The summed E-state index contributed by atoms with van der Waals surface area (Å²) in [6.07, 6.45) is 1.35. The van der Waals surface area contributed by atoms with E-state index in [0.29, 0.717) is 5.54 Å². The predicted octanol–water partition coefficient (Wildman–Crippen LogP) is -1.75. The zero-order valence-corrected chi connectivity index (χ0v) is 7.76. The molecule has 0 aromatic carbocycles. The Morgan fingerprint density at radius 3 is 2.50 bits per heavy atom. The summed E-state index contributed by atoms with van der Waals surface area (Å²) in [6, 6.07) is 0. The van der Waals surface area contributed by atoms with E-state index in [1.807, 2.05) is 0 Å². The zero-order valence-electron chi connectivity index (χ0n) is 6.94. The number of likely N-dealkylation sites (N-methyl/N-ethyl adjacent to an activating group) is 1. The maximum absolute atomic E-state index is 4.03. The highest BCUT2D eigenvalue weighted by molar-refractivity contribution is 7.99. The average Bonchev–Trinajstić information content (AvgIpc) is 2.35. The molecule has 1 saturated heterocycles. The Labute approximate surface area is 67.1 Å². The van der Waals surface area contributed by atoms with Gasteiger partial charge in [-0.05, 0) is 5.75 Å². The lowest BCUT2D eigenvalue weighted by Crippen LogP contribution is -3.17. The molecule has 1 aliphatic heterocycles. The van der Waals surface area contributed by atoms with Crippen LogP contribution >= 0.6 is 11.8 Å². The topological polar surface area (TPSA) is 32.1 Å². The Kier molecular flexibility index (Phi) is 2.61. The second-order valence-corrected chi connectivity index (χ2v) is 4.44. The van der Waals surface area contributed by atoms with Gasteiger partial charge in [-0.3, -0.25) is 0 Å². The molecule has 4 N–H and O–H groups in total. The van der Waals surface area contributed by atoms with Gasteiger partial charge in [0.05, 0.1) is 19.8 Å². The minimum atomic E-state index is 0.505. The molecule has 0 amide bonds. The second-order valence-electron chi connectivity index (χ2n) is 3.33. The van der Waals surface area contributed by atoms with E-state index >= 15 is 0 Å². The van der Waals surface area contributed by atoms with Crippen LogP contribution in [-0.4, -0.2) is 37.7 Å². The molecule has 60 valence electrons. The van der Waals surface area contributed by atoms with Crippen LogP contribution in [-0.2, 0) is 0 Å². The van der Waals surface area contributed by atoms with Crippen molar-refractivity contribution in [3.63, 3.8) is 0 Å². The zero-order chi connectivity index (χ0) is 7.61. The molecule has 1 fully saturated rings. The van der Waals surface area contributed by atoms with E-state index in [9.17, 15) is 0 Å². The summed E-state index contributed by atoms with van der Waals surface area (Å²) < 4.78 is 0. The Bertz CT molecular complexity index is 108. The fourth-order valence-electron chi connectivity index (χ4n) is 1.45. The summed E-state index contributed by atoms with van der Waals surface area (Å²) in [6.45, 7) is 1.09. The highest BCUT2D eigenvalue weighted by Gasteiger charge is 2.41. The van der Waals surface area contributed by atoms with Crippen LogP contribution in [0.4, 0.5) is 0 Å². The van der Waals surface area contributed by atoms with Crippen LogP contribution in [0, 0.1) is 0 Å². The summed E-state index contributed by atoms with van der Waals surface area (Å²) in [7, 11) is 4.49. The van der Waals surface area contributed by atoms with Crippen molar-refractivity contribution in [2.24, 2.45) is 0 Å². The van der Waals surface area contributed by atoms with Crippen molar-refractivity contribution in [1.29, 1.82) is 0 Å². The van der Waals surface area contributed by atoms with Crippen LogP contribution in [0.1, 0.15) is 6.42 Å². The van der Waals surface area contributed by atoms with Gasteiger partial charge in [0.15, 0.2) is 5.54 Å². The number of nitrogens with one attached hydrogen (secondary N) is 1. The van der Waals surface area contributed by atoms with Gasteiger partial charge < -0.3 is 10.6 Å². The Hall–Kier alpha value is 0.270. The first-order valence-electron chi connectivity index (χ1n) is 3.89. The smallest absolute Gasteiger partial charge is 0.156 e. The number of hydrogen-bond acceptors (Lipinski definition) is 1. The first kappa shape index (κ1) is 8.37. The van der Waals surface area contributed by atoms with Crippen LogP contribution in [0.15, 0.2) is 0 Å². The van der Waals surface area contributed by atoms with Crippen LogP contribution in [0.5, 0.6) is 0 Å². The summed E-state index contributed by atoms with van der Waals surface area (Å²) in [4.78, 5) is 1.58. The van der Waals surface area contributed by atoms with Crippen molar-refractivity contribution in [2.45, 2.75) is 12.0 Å². The van der Waals surface area contributed by atoms with E-state index in [-0.39, 0.29) is 0 Å². The van der Waals surface area contributed by atoms with Crippen molar-refractivity contribution in [3.8, 4) is 0 Å². The lowest BCUT2D eigenvalue weighted by molar-refractivity contribution is -0.919. The van der Waals surface area contributed by atoms with Gasteiger partial charge in [0, 0.05) is 6.42 Å². The molecule has 0 saturated carbocycles. The maximum atomic E-state index is 4.03. The molecule has 0 bridgehead atoms. The second kappa shape index (κ2) is 3.11. The summed E-state index contributed by atoms with van der Waals surface area (Å²) in [5, 5.41) is 0. The van der Waals surface area contributed by atoms with Gasteiger partial charge >= 0.3 is 0 Å². The van der Waals surface area contributed by atoms with Gasteiger partial charge in [0.25, 0.3) is 0 Å². The Morgan fingerprint density at radius 2 is 2.30 bits per heavy atom. The third-order valence-corrected chi connectivity index (χ3v) is 3.89. The summed E-state index contributed by atoms with van der Waals surface area (Å²) in [5.41, 5.74) is 4.53. The molecule has 0 spiro atoms. The third kappa shape index (κ3) is 1.31. The molecule has 1 atom stereocenters. The molecular weight excluding hydrogens is 144 g/mol. The molecule has 0 aromatic heterocycles. The minimum absolute atomic E-state index is 0.505. The lowest BCUT2D eigenvalue weighted by Gasteiger charge is -2.28. The van der Waals surface area contributed by atoms with Crippen LogP contribution in [0.25, 0.3) is 0 Å². The number of rotatable bonds is 2. The molecule has 1 rings (SSSR count). The number of thioether (sulfide) groups is 1. The van der Waals surface area contributed by atoms with Crippen molar-refractivity contribution in [3.05, 3.63) is 0 Å². The van der Waals surface area contributed by atoms with Gasteiger partial charge in [-0.25, -0.2) is 0 Å². The van der Waals surface area contributed by atoms with Crippen LogP contribution in [0.2, 0.25) is 0 Å². The molecule has 0 aromatic rings. The van der Waals surface area contributed by atoms with Gasteiger partial charge in [-0.1, -0.05) is 0 Å². The first-order chi connectivity index (χ1) is 4.71. The van der Waals surface area contributed by atoms with Crippen LogP contribution in [0.3, 0.4) is 0 Å². The fourth-order valence-corrected chi connectivity index (χ4v) is 3.10. The number of hydrogen-bond donors (Lipinski definition) is 2.